The highest BCUT2D eigenvalue weighted by Gasteiger charge is 2.23. The first-order chi connectivity index (χ1) is 13.4. The van der Waals surface area contributed by atoms with E-state index in [1.807, 2.05) is 6.07 Å². The van der Waals surface area contributed by atoms with Crippen molar-refractivity contribution in [2.75, 3.05) is 18.8 Å². The van der Waals surface area contributed by atoms with E-state index >= 15 is 0 Å². The van der Waals surface area contributed by atoms with Crippen LogP contribution >= 0.6 is 7.60 Å². The molecule has 2 aromatic heterocycles. The summed E-state index contributed by atoms with van der Waals surface area (Å²) in [6.45, 7) is -1.09. The van der Waals surface area contributed by atoms with Crippen LogP contribution in [0.2, 0.25) is 0 Å². The van der Waals surface area contributed by atoms with Crippen molar-refractivity contribution in [3.05, 3.63) is 52.6 Å². The number of aromatic amines is 1. The van der Waals surface area contributed by atoms with Gasteiger partial charge in [0.15, 0.2) is 11.2 Å². The molecular weight excluding hydrogens is 392 g/mol. The lowest BCUT2D eigenvalue weighted by Gasteiger charge is -2.18. The number of rotatable bonds is 9. The molecule has 0 fully saturated rings. The number of nitrogens with zero attached hydrogens (tertiary/aromatic N) is 3. The number of halogens is 1. The Hall–Kier alpha value is -2.59. The van der Waals surface area contributed by atoms with Crippen LogP contribution in [0.25, 0.3) is 11.2 Å². The van der Waals surface area contributed by atoms with Crippen molar-refractivity contribution in [2.24, 2.45) is 0 Å². The van der Waals surface area contributed by atoms with Crippen molar-refractivity contribution in [2.45, 2.75) is 19.3 Å². The monoisotopic (exact) mass is 411 g/mol. The number of ether oxygens (including phenoxy) is 1. The third-order valence-electron chi connectivity index (χ3n) is 3.81. The average Bonchev–Trinajstić information content (AvgIpc) is 3.07. The highest BCUT2D eigenvalue weighted by atomic mass is 31.2. The molecule has 2 atom stereocenters. The van der Waals surface area contributed by atoms with Crippen molar-refractivity contribution >= 4 is 24.7 Å². The van der Waals surface area contributed by atoms with Crippen molar-refractivity contribution in [3.63, 3.8) is 0 Å². The lowest BCUT2D eigenvalue weighted by atomic mass is 10.2. The number of hydrogen-bond donors (Lipinski definition) is 3. The smallest absolute Gasteiger partial charge is 0.353 e. The largest absolute Gasteiger partial charge is 0.369 e. The summed E-state index contributed by atoms with van der Waals surface area (Å²) in [4.78, 5) is 31.8. The van der Waals surface area contributed by atoms with Crippen LogP contribution in [0, 0.1) is 0 Å². The topological polar surface area (TPSA) is 145 Å². The molecule has 0 saturated carbocycles. The molecule has 0 radical (unpaired) electrons. The summed E-state index contributed by atoms with van der Waals surface area (Å²) in [5.41, 5.74) is 5.92. The molecule has 3 rings (SSSR count). The van der Waals surface area contributed by atoms with Crippen LogP contribution in [0.15, 0.2) is 41.5 Å². The van der Waals surface area contributed by atoms with E-state index in [0.717, 1.165) is 5.56 Å². The van der Waals surface area contributed by atoms with Crippen LogP contribution in [-0.4, -0.2) is 43.5 Å². The summed E-state index contributed by atoms with van der Waals surface area (Å²) in [6, 6.07) is 8.86. The maximum Gasteiger partial charge on any atom is 0.353 e. The first-order valence-corrected chi connectivity index (χ1v) is 10.0. The van der Waals surface area contributed by atoms with Gasteiger partial charge in [-0.25, -0.2) is 9.37 Å². The number of aromatic nitrogens is 4. The van der Waals surface area contributed by atoms with E-state index in [2.05, 4.69) is 15.0 Å². The summed E-state index contributed by atoms with van der Waals surface area (Å²) in [5.74, 6) is -0.105. The fourth-order valence-corrected chi connectivity index (χ4v) is 3.28. The summed E-state index contributed by atoms with van der Waals surface area (Å²) in [6.07, 6.45) is -0.458. The molecule has 10 nitrogen and oxygen atoms in total. The number of imidazole rings is 1. The fraction of sp³-hybridized carbons (Fsp3) is 0.312. The lowest BCUT2D eigenvalue weighted by Crippen LogP contribution is -2.23. The number of anilines is 1. The molecule has 1 aromatic carbocycles. The van der Waals surface area contributed by atoms with E-state index < -0.39 is 32.3 Å². The highest BCUT2D eigenvalue weighted by Crippen LogP contribution is 2.43. The molecular formula is C16H19FN5O5P. The first kappa shape index (κ1) is 20.2. The quantitative estimate of drug-likeness (QED) is 0.448. The molecule has 3 aromatic rings. The highest BCUT2D eigenvalue weighted by molar-refractivity contribution is 7.52. The van der Waals surface area contributed by atoms with Gasteiger partial charge in [-0.2, -0.15) is 4.98 Å². The minimum absolute atomic E-state index is 0.0471. The Morgan fingerprint density at radius 1 is 1.36 bits per heavy atom. The predicted molar refractivity (Wildman–Crippen MR) is 99.3 cm³/mol. The van der Waals surface area contributed by atoms with Crippen molar-refractivity contribution in [1.29, 1.82) is 0 Å². The zero-order valence-electron chi connectivity index (χ0n) is 14.7. The van der Waals surface area contributed by atoms with Gasteiger partial charge in [-0.05, 0) is 5.56 Å². The molecule has 28 heavy (non-hydrogen) atoms. The molecule has 12 heteroatoms. The molecule has 2 unspecified atom stereocenters. The Balaban J connectivity index is 1.61. The number of fused-ring (bicyclic) bond motifs is 1. The standard InChI is InChI=1S/C16H19FN5O5P/c17-6-12(7-22-9-19-13-14(22)20-16(18)21-15(13)23)26-10-28(24,25)27-8-11-4-2-1-3-5-11/h1-5,9,12H,6-8,10H2,(H,24,25)(H3,18,20,21,23). The van der Waals surface area contributed by atoms with Crippen LogP contribution in [0.3, 0.4) is 0 Å². The van der Waals surface area contributed by atoms with Crippen LogP contribution in [0.4, 0.5) is 10.3 Å². The zero-order valence-corrected chi connectivity index (χ0v) is 15.6. The van der Waals surface area contributed by atoms with E-state index in [9.17, 15) is 18.6 Å². The first-order valence-electron chi connectivity index (χ1n) is 8.26. The number of alkyl halides is 1. The number of hydrogen-bond acceptors (Lipinski definition) is 7. The summed E-state index contributed by atoms with van der Waals surface area (Å²) in [7, 11) is -4.08. The average molecular weight is 411 g/mol. The second-order valence-electron chi connectivity index (χ2n) is 5.99. The van der Waals surface area contributed by atoms with E-state index in [4.69, 9.17) is 15.0 Å². The van der Waals surface area contributed by atoms with E-state index in [1.54, 1.807) is 24.3 Å². The van der Waals surface area contributed by atoms with Gasteiger partial charge in [-0.3, -0.25) is 14.3 Å². The van der Waals surface area contributed by atoms with Gasteiger partial charge < -0.3 is 24.5 Å². The predicted octanol–water partition coefficient (Wildman–Crippen LogP) is 1.42. The Morgan fingerprint density at radius 2 is 2.11 bits per heavy atom. The van der Waals surface area contributed by atoms with Gasteiger partial charge >= 0.3 is 7.60 Å². The maximum absolute atomic E-state index is 13.4. The number of nitrogens with two attached hydrogens (primary N) is 1. The lowest BCUT2D eigenvalue weighted by molar-refractivity contribution is 0.0409. The molecule has 4 N–H and O–H groups in total. The minimum Gasteiger partial charge on any atom is -0.369 e. The summed E-state index contributed by atoms with van der Waals surface area (Å²) >= 11 is 0. The number of H-pyrrole nitrogens is 1. The molecule has 0 spiro atoms. The van der Waals surface area contributed by atoms with Gasteiger partial charge in [0, 0.05) is 0 Å². The van der Waals surface area contributed by atoms with E-state index in [0.29, 0.717) is 0 Å². The van der Waals surface area contributed by atoms with Crippen LogP contribution in [0.1, 0.15) is 5.56 Å². The van der Waals surface area contributed by atoms with Crippen molar-refractivity contribution in [1.82, 2.24) is 19.5 Å². The van der Waals surface area contributed by atoms with Gasteiger partial charge in [-0.1, -0.05) is 30.3 Å². The number of nitrogen functional groups attached to an aromatic ring is 1. The Morgan fingerprint density at radius 3 is 2.82 bits per heavy atom. The second-order valence-corrected chi connectivity index (χ2v) is 7.78. The molecule has 0 aliphatic carbocycles. The number of benzene rings is 1. The SMILES string of the molecule is Nc1nc2c(ncn2CC(CF)OCP(=O)(O)OCc2ccccc2)c(=O)[nH]1. The summed E-state index contributed by atoms with van der Waals surface area (Å²) in [5, 5.41) is 0. The van der Waals surface area contributed by atoms with Gasteiger partial charge in [0.05, 0.1) is 19.5 Å². The fourth-order valence-electron chi connectivity index (χ4n) is 2.46. The van der Waals surface area contributed by atoms with Gasteiger partial charge in [0.2, 0.25) is 5.95 Å². The molecule has 0 aliphatic rings. The molecule has 2 heterocycles. The van der Waals surface area contributed by atoms with Crippen molar-refractivity contribution in [3.8, 4) is 0 Å². The second kappa shape index (κ2) is 8.61. The normalized spacial score (nSPS) is 14.8. The van der Waals surface area contributed by atoms with E-state index in [1.165, 1.54) is 10.9 Å². The van der Waals surface area contributed by atoms with Gasteiger partial charge in [0.25, 0.3) is 5.56 Å². The Bertz CT molecular complexity index is 1040. The van der Waals surface area contributed by atoms with Crippen LogP contribution in [-0.2, 0) is 27.0 Å². The van der Waals surface area contributed by atoms with Crippen LogP contribution < -0.4 is 11.3 Å². The molecule has 0 aliphatic heterocycles. The molecule has 0 bridgehead atoms. The third kappa shape index (κ3) is 5.02. The summed E-state index contributed by atoms with van der Waals surface area (Å²) < 4.78 is 37.1. The zero-order chi connectivity index (χ0) is 20.1. The van der Waals surface area contributed by atoms with Crippen LogP contribution in [0.5, 0.6) is 0 Å². The van der Waals surface area contributed by atoms with Gasteiger partial charge in [-0.15, -0.1) is 0 Å². The molecule has 0 amide bonds. The molecule has 0 saturated heterocycles. The third-order valence-corrected chi connectivity index (χ3v) is 4.82. The van der Waals surface area contributed by atoms with Gasteiger partial charge in [0.1, 0.15) is 19.1 Å². The number of nitrogens with one attached hydrogen (secondary N) is 1. The molecule has 150 valence electrons. The Kier molecular flexibility index (Phi) is 6.20. The Labute approximate surface area is 158 Å². The van der Waals surface area contributed by atoms with Crippen molar-refractivity contribution < 1.29 is 23.1 Å². The maximum atomic E-state index is 13.4. The van der Waals surface area contributed by atoms with E-state index in [-0.39, 0.29) is 30.3 Å². The minimum atomic E-state index is -4.08.